The molecule has 0 spiro atoms. The second kappa shape index (κ2) is 5.94. The van der Waals surface area contributed by atoms with Crippen molar-refractivity contribution < 1.29 is 19.5 Å². The van der Waals surface area contributed by atoms with Gasteiger partial charge in [0.25, 0.3) is 0 Å². The molecule has 0 aromatic carbocycles. The normalized spacial score (nSPS) is 10.6. The third kappa shape index (κ3) is 5.84. The quantitative estimate of drug-likeness (QED) is 0.456. The van der Waals surface area contributed by atoms with Crippen molar-refractivity contribution in [2.45, 2.75) is 32.2 Å². The minimum atomic E-state index is -1.33. The number of carbonyl (C=O) groups is 3. The van der Waals surface area contributed by atoms with Gasteiger partial charge >= 0.3 is 12.0 Å². The molecule has 0 aliphatic heterocycles. The molecule has 0 radical (unpaired) electrons. The maximum atomic E-state index is 11.2. The molecule has 16 heavy (non-hydrogen) atoms. The number of hydrogen-bond acceptors (Lipinski definition) is 3. The molecule has 0 saturated carbocycles. The Balaban J connectivity index is 3.83. The van der Waals surface area contributed by atoms with Crippen LogP contribution in [0, 0.1) is 0 Å². The zero-order valence-corrected chi connectivity index (χ0v) is 9.37. The Morgan fingerprint density at radius 2 is 1.88 bits per heavy atom. The van der Waals surface area contributed by atoms with Crippen LogP contribution in [0.15, 0.2) is 0 Å². The van der Waals surface area contributed by atoms with Gasteiger partial charge in [0.15, 0.2) is 0 Å². The standard InChI is InChI=1S/C9H17N3O4/c1-9(2,7(14)15)12-8(16)11-5-3-4-6(10)13/h3-5H2,1-2H3,(H2,10,13)(H,14,15)(H2,11,12,16). The first-order chi connectivity index (χ1) is 7.25. The van der Waals surface area contributed by atoms with E-state index in [9.17, 15) is 14.4 Å². The molecule has 3 amide bonds. The van der Waals surface area contributed by atoms with E-state index in [0.29, 0.717) is 6.42 Å². The molecule has 92 valence electrons. The molecule has 0 aliphatic carbocycles. The predicted octanol–water partition coefficient (Wildman–Crippen LogP) is -0.586. The summed E-state index contributed by atoms with van der Waals surface area (Å²) in [6, 6.07) is -0.586. The second-order valence-corrected chi connectivity index (χ2v) is 3.88. The van der Waals surface area contributed by atoms with Gasteiger partial charge in [-0.3, -0.25) is 4.79 Å². The van der Waals surface area contributed by atoms with Crippen LogP contribution in [-0.2, 0) is 9.59 Å². The third-order valence-corrected chi connectivity index (χ3v) is 1.85. The molecular formula is C9H17N3O4. The predicted molar refractivity (Wildman–Crippen MR) is 56.7 cm³/mol. The first-order valence-electron chi connectivity index (χ1n) is 4.83. The molecule has 0 unspecified atom stereocenters. The van der Waals surface area contributed by atoms with Crippen LogP contribution < -0.4 is 16.4 Å². The van der Waals surface area contributed by atoms with Crippen molar-refractivity contribution in [1.29, 1.82) is 0 Å². The number of urea groups is 1. The molecule has 0 fully saturated rings. The fraction of sp³-hybridized carbons (Fsp3) is 0.667. The number of primary amides is 1. The molecule has 7 heteroatoms. The monoisotopic (exact) mass is 231 g/mol. The van der Waals surface area contributed by atoms with Gasteiger partial charge in [-0.15, -0.1) is 0 Å². The second-order valence-electron chi connectivity index (χ2n) is 3.88. The van der Waals surface area contributed by atoms with Crippen LogP contribution in [0.5, 0.6) is 0 Å². The van der Waals surface area contributed by atoms with Crippen molar-refractivity contribution in [2.24, 2.45) is 5.73 Å². The van der Waals surface area contributed by atoms with Crippen LogP contribution in [0.1, 0.15) is 26.7 Å². The van der Waals surface area contributed by atoms with Gasteiger partial charge in [-0.25, -0.2) is 9.59 Å². The van der Waals surface area contributed by atoms with Gasteiger partial charge in [0.1, 0.15) is 5.54 Å². The zero-order chi connectivity index (χ0) is 12.8. The topological polar surface area (TPSA) is 122 Å². The van der Waals surface area contributed by atoms with Gasteiger partial charge in [-0.2, -0.15) is 0 Å². The lowest BCUT2D eigenvalue weighted by Gasteiger charge is -2.21. The molecule has 0 heterocycles. The molecule has 7 nitrogen and oxygen atoms in total. The molecule has 0 bridgehead atoms. The lowest BCUT2D eigenvalue weighted by molar-refractivity contribution is -0.142. The largest absolute Gasteiger partial charge is 0.480 e. The summed E-state index contributed by atoms with van der Waals surface area (Å²) < 4.78 is 0. The van der Waals surface area contributed by atoms with E-state index in [0.717, 1.165) is 0 Å². The summed E-state index contributed by atoms with van der Waals surface area (Å²) in [6.07, 6.45) is 0.610. The van der Waals surface area contributed by atoms with Gasteiger partial charge in [0, 0.05) is 13.0 Å². The van der Waals surface area contributed by atoms with Crippen molar-refractivity contribution in [1.82, 2.24) is 10.6 Å². The molecule has 0 aromatic heterocycles. The number of nitrogens with one attached hydrogen (secondary N) is 2. The number of carbonyl (C=O) groups excluding carboxylic acids is 2. The minimum Gasteiger partial charge on any atom is -0.480 e. The summed E-state index contributed by atoms with van der Waals surface area (Å²) in [5.74, 6) is -1.56. The number of hydrogen-bond donors (Lipinski definition) is 4. The molecule has 5 N–H and O–H groups in total. The van der Waals surface area contributed by atoms with E-state index in [4.69, 9.17) is 10.8 Å². The molecular weight excluding hydrogens is 214 g/mol. The summed E-state index contributed by atoms with van der Waals surface area (Å²) in [7, 11) is 0. The van der Waals surface area contributed by atoms with E-state index < -0.39 is 23.4 Å². The molecule has 0 aromatic rings. The van der Waals surface area contributed by atoms with Gasteiger partial charge in [-0.05, 0) is 20.3 Å². The Hall–Kier alpha value is -1.79. The Morgan fingerprint density at radius 3 is 2.31 bits per heavy atom. The van der Waals surface area contributed by atoms with E-state index in [1.807, 2.05) is 0 Å². The smallest absolute Gasteiger partial charge is 0.328 e. The Kier molecular flexibility index (Phi) is 5.27. The van der Waals surface area contributed by atoms with Gasteiger partial charge in [-0.1, -0.05) is 0 Å². The highest BCUT2D eigenvalue weighted by Crippen LogP contribution is 2.00. The van der Waals surface area contributed by atoms with Crippen LogP contribution in [0.25, 0.3) is 0 Å². The molecule has 0 atom stereocenters. The van der Waals surface area contributed by atoms with E-state index in [1.165, 1.54) is 13.8 Å². The fourth-order valence-electron chi connectivity index (χ4n) is 0.846. The number of carboxylic acids is 1. The zero-order valence-electron chi connectivity index (χ0n) is 9.37. The highest BCUT2D eigenvalue weighted by molar-refractivity contribution is 5.85. The SMILES string of the molecule is CC(C)(NC(=O)NCCCC(N)=O)C(=O)O. The first-order valence-corrected chi connectivity index (χ1v) is 4.83. The number of nitrogens with two attached hydrogens (primary N) is 1. The molecule has 0 aliphatic rings. The maximum absolute atomic E-state index is 11.2. The molecule has 0 rings (SSSR count). The van der Waals surface area contributed by atoms with Crippen molar-refractivity contribution in [3.8, 4) is 0 Å². The van der Waals surface area contributed by atoms with Crippen molar-refractivity contribution in [2.75, 3.05) is 6.54 Å². The molecule has 0 saturated heterocycles. The Morgan fingerprint density at radius 1 is 1.31 bits per heavy atom. The average molecular weight is 231 g/mol. The van der Waals surface area contributed by atoms with Crippen molar-refractivity contribution in [3.05, 3.63) is 0 Å². The summed E-state index contributed by atoms with van der Waals surface area (Å²) >= 11 is 0. The summed E-state index contributed by atoms with van der Waals surface area (Å²) in [6.45, 7) is 3.01. The van der Waals surface area contributed by atoms with E-state index in [1.54, 1.807) is 0 Å². The highest BCUT2D eigenvalue weighted by atomic mass is 16.4. The average Bonchev–Trinajstić information content (AvgIpc) is 2.11. The van der Waals surface area contributed by atoms with Crippen LogP contribution >= 0.6 is 0 Å². The van der Waals surface area contributed by atoms with Crippen LogP contribution in [0.2, 0.25) is 0 Å². The van der Waals surface area contributed by atoms with E-state index in [2.05, 4.69) is 10.6 Å². The van der Waals surface area contributed by atoms with E-state index in [-0.39, 0.29) is 13.0 Å². The minimum absolute atomic E-state index is 0.183. The van der Waals surface area contributed by atoms with Crippen molar-refractivity contribution in [3.63, 3.8) is 0 Å². The highest BCUT2D eigenvalue weighted by Gasteiger charge is 2.28. The van der Waals surface area contributed by atoms with Gasteiger partial charge in [0.05, 0.1) is 0 Å². The number of aliphatic carboxylic acids is 1. The Bertz CT molecular complexity index is 288. The van der Waals surface area contributed by atoms with Gasteiger partial charge in [0.2, 0.25) is 5.91 Å². The first kappa shape index (κ1) is 14.2. The van der Waals surface area contributed by atoms with Crippen LogP contribution in [0.3, 0.4) is 0 Å². The lowest BCUT2D eigenvalue weighted by Crippen LogP contribution is -2.53. The number of carboxylic acid groups (broad SMARTS) is 1. The van der Waals surface area contributed by atoms with Crippen molar-refractivity contribution >= 4 is 17.9 Å². The number of amides is 3. The lowest BCUT2D eigenvalue weighted by atomic mass is 10.1. The fourth-order valence-corrected chi connectivity index (χ4v) is 0.846. The maximum Gasteiger partial charge on any atom is 0.328 e. The Labute approximate surface area is 93.4 Å². The van der Waals surface area contributed by atoms with Gasteiger partial charge < -0.3 is 21.5 Å². The summed E-state index contributed by atoms with van der Waals surface area (Å²) in [4.78, 5) is 32.3. The van der Waals surface area contributed by atoms with E-state index >= 15 is 0 Å². The van der Waals surface area contributed by atoms with Crippen LogP contribution in [0.4, 0.5) is 4.79 Å². The summed E-state index contributed by atoms with van der Waals surface area (Å²) in [5.41, 5.74) is 3.58. The van der Waals surface area contributed by atoms with Crippen LogP contribution in [-0.4, -0.2) is 35.1 Å². The number of rotatable bonds is 6. The summed E-state index contributed by atoms with van der Waals surface area (Å²) in [5, 5.41) is 13.4. The third-order valence-electron chi connectivity index (χ3n) is 1.85.